The Labute approximate surface area is 132 Å². The summed E-state index contributed by atoms with van der Waals surface area (Å²) in [6.07, 6.45) is 12.5. The van der Waals surface area contributed by atoms with Crippen LogP contribution in [0, 0.1) is 11.3 Å². The number of rotatable bonds is 10. The number of nitrogens with one attached hydrogen (secondary N) is 1. The number of unbranched alkanes of at least 4 members (excludes halogenated alkanes) is 1. The lowest BCUT2D eigenvalue weighted by Gasteiger charge is -2.41. The third-order valence-electron chi connectivity index (χ3n) is 5.10. The Morgan fingerprint density at radius 1 is 1.14 bits per heavy atom. The van der Waals surface area contributed by atoms with E-state index in [2.05, 4.69) is 19.2 Å². The van der Waals surface area contributed by atoms with E-state index in [1.54, 1.807) is 0 Å². The maximum Gasteiger partial charge on any atom is 0.147 e. The lowest BCUT2D eigenvalue weighted by atomic mass is 9.67. The molecule has 1 aliphatic carbocycles. The largest absolute Gasteiger partial charge is 0.316 e. The smallest absolute Gasteiger partial charge is 0.147 e. The van der Waals surface area contributed by atoms with Crippen LogP contribution in [0.4, 0.5) is 0 Å². The zero-order valence-corrected chi connectivity index (χ0v) is 15.1. The number of sulfone groups is 1. The molecule has 3 nitrogen and oxygen atoms in total. The standard InChI is InChI=1S/C17H35NO2S/c1-4-6-8-16-9-12-17(13-10-16,15-18-5-2)11-7-14-21(3,19)20/h16,18H,4-15H2,1-3H3. The summed E-state index contributed by atoms with van der Waals surface area (Å²) in [5, 5.41) is 3.52. The van der Waals surface area contributed by atoms with Crippen molar-refractivity contribution in [1.29, 1.82) is 0 Å². The average molecular weight is 318 g/mol. The van der Waals surface area contributed by atoms with Gasteiger partial charge in [0.15, 0.2) is 0 Å². The zero-order chi connectivity index (χ0) is 15.8. The summed E-state index contributed by atoms with van der Waals surface area (Å²) >= 11 is 0. The van der Waals surface area contributed by atoms with Gasteiger partial charge in [-0.1, -0.05) is 33.1 Å². The van der Waals surface area contributed by atoms with Gasteiger partial charge in [-0.15, -0.1) is 0 Å². The highest BCUT2D eigenvalue weighted by Gasteiger charge is 2.34. The van der Waals surface area contributed by atoms with Gasteiger partial charge in [0.1, 0.15) is 9.84 Å². The summed E-state index contributed by atoms with van der Waals surface area (Å²) in [4.78, 5) is 0. The van der Waals surface area contributed by atoms with E-state index in [0.717, 1.165) is 31.8 Å². The molecule has 0 unspecified atom stereocenters. The van der Waals surface area contributed by atoms with Gasteiger partial charge in [-0.25, -0.2) is 8.42 Å². The molecule has 0 aromatic rings. The summed E-state index contributed by atoms with van der Waals surface area (Å²) in [5.41, 5.74) is 0.351. The van der Waals surface area contributed by atoms with Crippen LogP contribution >= 0.6 is 0 Å². The van der Waals surface area contributed by atoms with E-state index in [4.69, 9.17) is 0 Å². The molecule has 1 rings (SSSR count). The first-order chi connectivity index (χ1) is 9.91. The molecule has 0 amide bonds. The highest BCUT2D eigenvalue weighted by atomic mass is 32.2. The van der Waals surface area contributed by atoms with E-state index >= 15 is 0 Å². The van der Waals surface area contributed by atoms with Crippen molar-refractivity contribution in [3.63, 3.8) is 0 Å². The van der Waals surface area contributed by atoms with Crippen LogP contribution in [-0.2, 0) is 9.84 Å². The Morgan fingerprint density at radius 3 is 2.33 bits per heavy atom. The van der Waals surface area contributed by atoms with E-state index in [0.29, 0.717) is 11.2 Å². The van der Waals surface area contributed by atoms with E-state index in [9.17, 15) is 8.42 Å². The topological polar surface area (TPSA) is 46.2 Å². The predicted molar refractivity (Wildman–Crippen MR) is 91.4 cm³/mol. The minimum atomic E-state index is -2.82. The summed E-state index contributed by atoms with van der Waals surface area (Å²) in [5.74, 6) is 1.26. The Morgan fingerprint density at radius 2 is 1.81 bits per heavy atom. The molecule has 1 N–H and O–H groups in total. The average Bonchev–Trinajstić information content (AvgIpc) is 2.43. The fraction of sp³-hybridized carbons (Fsp3) is 1.00. The molecule has 0 heterocycles. The van der Waals surface area contributed by atoms with Crippen LogP contribution in [0.5, 0.6) is 0 Å². The minimum absolute atomic E-state index is 0.347. The van der Waals surface area contributed by atoms with Crippen LogP contribution in [0.15, 0.2) is 0 Å². The monoisotopic (exact) mass is 317 g/mol. The van der Waals surface area contributed by atoms with E-state index in [1.807, 2.05) is 0 Å². The van der Waals surface area contributed by atoms with E-state index in [-0.39, 0.29) is 0 Å². The maximum absolute atomic E-state index is 11.3. The van der Waals surface area contributed by atoms with Crippen molar-refractivity contribution in [2.75, 3.05) is 25.1 Å². The first-order valence-corrected chi connectivity index (χ1v) is 10.9. The van der Waals surface area contributed by atoms with E-state index < -0.39 is 9.84 Å². The Bertz CT molecular complexity index is 370. The molecule has 126 valence electrons. The molecule has 1 fully saturated rings. The van der Waals surface area contributed by atoms with Gasteiger partial charge in [-0.05, 0) is 56.4 Å². The second kappa shape index (κ2) is 9.14. The highest BCUT2D eigenvalue weighted by Crippen LogP contribution is 2.43. The van der Waals surface area contributed by atoms with Crippen molar-refractivity contribution in [3.05, 3.63) is 0 Å². The van der Waals surface area contributed by atoms with Gasteiger partial charge in [-0.3, -0.25) is 0 Å². The van der Waals surface area contributed by atoms with Crippen LogP contribution in [0.3, 0.4) is 0 Å². The van der Waals surface area contributed by atoms with E-state index in [1.165, 1.54) is 51.2 Å². The molecule has 0 aliphatic heterocycles. The molecular formula is C17H35NO2S. The van der Waals surface area contributed by atoms with Crippen LogP contribution in [0.2, 0.25) is 0 Å². The molecule has 1 aliphatic rings. The number of hydrogen-bond donors (Lipinski definition) is 1. The lowest BCUT2D eigenvalue weighted by molar-refractivity contribution is 0.127. The van der Waals surface area contributed by atoms with Gasteiger partial charge < -0.3 is 5.32 Å². The first kappa shape index (κ1) is 19.0. The van der Waals surface area contributed by atoms with Crippen molar-refractivity contribution >= 4 is 9.84 Å². The highest BCUT2D eigenvalue weighted by molar-refractivity contribution is 7.90. The summed E-state index contributed by atoms with van der Waals surface area (Å²) < 4.78 is 22.7. The molecule has 4 heteroatoms. The maximum atomic E-state index is 11.3. The Kier molecular flexibility index (Phi) is 8.25. The number of hydrogen-bond acceptors (Lipinski definition) is 3. The second-order valence-corrected chi connectivity index (χ2v) is 9.36. The van der Waals surface area contributed by atoms with Crippen molar-refractivity contribution in [2.24, 2.45) is 11.3 Å². The lowest BCUT2D eigenvalue weighted by Crippen LogP contribution is -2.38. The third kappa shape index (κ3) is 7.64. The molecule has 0 spiro atoms. The van der Waals surface area contributed by atoms with Gasteiger partial charge in [0, 0.05) is 18.6 Å². The normalized spacial score (nSPS) is 26.9. The van der Waals surface area contributed by atoms with Gasteiger partial charge in [0.2, 0.25) is 0 Å². The first-order valence-electron chi connectivity index (χ1n) is 8.79. The van der Waals surface area contributed by atoms with Crippen LogP contribution < -0.4 is 5.32 Å². The molecule has 0 aromatic heterocycles. The zero-order valence-electron chi connectivity index (χ0n) is 14.3. The molecule has 0 atom stereocenters. The Balaban J connectivity index is 2.48. The van der Waals surface area contributed by atoms with Crippen molar-refractivity contribution < 1.29 is 8.42 Å². The summed E-state index contributed by atoms with van der Waals surface area (Å²) in [7, 11) is -2.82. The molecule has 21 heavy (non-hydrogen) atoms. The van der Waals surface area contributed by atoms with Gasteiger partial charge in [0.05, 0.1) is 0 Å². The summed E-state index contributed by atoms with van der Waals surface area (Å²) in [6, 6.07) is 0. The molecule has 0 aromatic carbocycles. The Hall–Kier alpha value is -0.0900. The third-order valence-corrected chi connectivity index (χ3v) is 6.13. The fourth-order valence-corrected chi connectivity index (χ4v) is 4.35. The minimum Gasteiger partial charge on any atom is -0.316 e. The van der Waals surface area contributed by atoms with Crippen LogP contribution in [0.1, 0.15) is 71.6 Å². The predicted octanol–water partition coefficient (Wildman–Crippen LogP) is 3.79. The van der Waals surface area contributed by atoms with Crippen molar-refractivity contribution in [1.82, 2.24) is 5.32 Å². The summed E-state index contributed by atoms with van der Waals surface area (Å²) in [6.45, 7) is 6.49. The molecular weight excluding hydrogens is 282 g/mol. The van der Waals surface area contributed by atoms with Crippen molar-refractivity contribution in [3.8, 4) is 0 Å². The SMILES string of the molecule is CCCCC1CCC(CCCS(C)(=O)=O)(CNCC)CC1. The van der Waals surface area contributed by atoms with Gasteiger partial charge in [-0.2, -0.15) is 0 Å². The van der Waals surface area contributed by atoms with Gasteiger partial charge >= 0.3 is 0 Å². The second-order valence-electron chi connectivity index (χ2n) is 7.10. The molecule has 0 bridgehead atoms. The molecule has 0 radical (unpaired) electrons. The van der Waals surface area contributed by atoms with Gasteiger partial charge in [0.25, 0.3) is 0 Å². The van der Waals surface area contributed by atoms with Crippen molar-refractivity contribution in [2.45, 2.75) is 71.6 Å². The van der Waals surface area contributed by atoms with Crippen LogP contribution in [-0.4, -0.2) is 33.5 Å². The van der Waals surface area contributed by atoms with Crippen LogP contribution in [0.25, 0.3) is 0 Å². The molecule has 0 saturated heterocycles. The fourth-order valence-electron chi connectivity index (χ4n) is 3.69. The quantitative estimate of drug-likeness (QED) is 0.667. The molecule has 1 saturated carbocycles.